The third-order valence-electron chi connectivity index (χ3n) is 1.96. The topological polar surface area (TPSA) is 34.1 Å². The lowest BCUT2D eigenvalue weighted by molar-refractivity contribution is 0.415. The standard InChI is InChI=1S/C11H12N2OS/c1-8-7-15-11(12-8)13-9-3-5-10(14-2)6-4-9/h3-7H,1-2H3,(H,12,13). The zero-order valence-electron chi connectivity index (χ0n) is 8.65. The second-order valence-corrected chi connectivity index (χ2v) is 4.01. The summed E-state index contributed by atoms with van der Waals surface area (Å²) >= 11 is 1.60. The van der Waals surface area contributed by atoms with Crippen LogP contribution in [0.15, 0.2) is 29.6 Å². The minimum absolute atomic E-state index is 0.857. The van der Waals surface area contributed by atoms with E-state index in [9.17, 15) is 0 Å². The van der Waals surface area contributed by atoms with E-state index in [0.717, 1.165) is 22.3 Å². The molecule has 1 heterocycles. The molecule has 1 aromatic carbocycles. The highest BCUT2D eigenvalue weighted by molar-refractivity contribution is 7.13. The molecule has 0 aliphatic rings. The van der Waals surface area contributed by atoms with Crippen LogP contribution >= 0.6 is 11.3 Å². The van der Waals surface area contributed by atoms with E-state index in [1.807, 2.05) is 36.6 Å². The summed E-state index contributed by atoms with van der Waals surface area (Å²) in [5.74, 6) is 0.857. The van der Waals surface area contributed by atoms with E-state index in [-0.39, 0.29) is 0 Å². The first-order chi connectivity index (χ1) is 7.28. The Morgan fingerprint density at radius 2 is 2.00 bits per heavy atom. The van der Waals surface area contributed by atoms with E-state index in [4.69, 9.17) is 4.74 Å². The second kappa shape index (κ2) is 4.31. The average molecular weight is 220 g/mol. The Morgan fingerprint density at radius 3 is 2.53 bits per heavy atom. The lowest BCUT2D eigenvalue weighted by atomic mass is 10.3. The van der Waals surface area contributed by atoms with Crippen LogP contribution in [-0.2, 0) is 0 Å². The van der Waals surface area contributed by atoms with Crippen LogP contribution in [0, 0.1) is 6.92 Å². The molecule has 0 aliphatic carbocycles. The molecule has 0 radical (unpaired) electrons. The number of rotatable bonds is 3. The number of nitrogens with one attached hydrogen (secondary N) is 1. The van der Waals surface area contributed by atoms with Crippen LogP contribution in [0.3, 0.4) is 0 Å². The maximum atomic E-state index is 5.08. The van der Waals surface area contributed by atoms with Crippen molar-refractivity contribution in [3.05, 3.63) is 35.3 Å². The van der Waals surface area contributed by atoms with Crippen molar-refractivity contribution < 1.29 is 4.74 Å². The Labute approximate surface area is 92.7 Å². The van der Waals surface area contributed by atoms with Crippen molar-refractivity contribution in [2.24, 2.45) is 0 Å². The van der Waals surface area contributed by atoms with E-state index in [2.05, 4.69) is 10.3 Å². The summed E-state index contributed by atoms with van der Waals surface area (Å²) in [5.41, 5.74) is 2.06. The minimum atomic E-state index is 0.857. The van der Waals surface area contributed by atoms with Gasteiger partial charge in [-0.25, -0.2) is 4.98 Å². The molecule has 1 N–H and O–H groups in total. The van der Waals surface area contributed by atoms with E-state index in [1.54, 1.807) is 18.4 Å². The summed E-state index contributed by atoms with van der Waals surface area (Å²) in [5, 5.41) is 6.16. The first-order valence-corrected chi connectivity index (χ1v) is 5.49. The molecule has 78 valence electrons. The van der Waals surface area contributed by atoms with Crippen LogP contribution in [0.5, 0.6) is 5.75 Å². The summed E-state index contributed by atoms with van der Waals surface area (Å²) in [7, 11) is 1.66. The molecule has 0 bridgehead atoms. The predicted molar refractivity (Wildman–Crippen MR) is 63.1 cm³/mol. The number of hydrogen-bond donors (Lipinski definition) is 1. The number of aryl methyl sites for hydroxylation is 1. The van der Waals surface area contributed by atoms with E-state index in [1.165, 1.54) is 0 Å². The van der Waals surface area contributed by atoms with E-state index < -0.39 is 0 Å². The molecule has 3 nitrogen and oxygen atoms in total. The molecule has 2 aromatic rings. The number of hydrogen-bond acceptors (Lipinski definition) is 4. The number of benzene rings is 1. The molecule has 15 heavy (non-hydrogen) atoms. The molecule has 0 atom stereocenters. The number of anilines is 2. The van der Waals surface area contributed by atoms with Gasteiger partial charge in [-0.3, -0.25) is 0 Å². The fourth-order valence-electron chi connectivity index (χ4n) is 1.21. The molecule has 0 fully saturated rings. The van der Waals surface area contributed by atoms with Gasteiger partial charge in [-0.1, -0.05) is 0 Å². The van der Waals surface area contributed by atoms with Gasteiger partial charge >= 0.3 is 0 Å². The fraction of sp³-hybridized carbons (Fsp3) is 0.182. The highest BCUT2D eigenvalue weighted by Gasteiger charge is 1.98. The highest BCUT2D eigenvalue weighted by Crippen LogP contribution is 2.22. The van der Waals surface area contributed by atoms with Crippen molar-refractivity contribution in [2.45, 2.75) is 6.92 Å². The monoisotopic (exact) mass is 220 g/mol. The van der Waals surface area contributed by atoms with Gasteiger partial charge in [0.15, 0.2) is 5.13 Å². The molecular weight excluding hydrogens is 208 g/mol. The predicted octanol–water partition coefficient (Wildman–Crippen LogP) is 3.20. The molecule has 0 amide bonds. The first kappa shape index (κ1) is 9.98. The van der Waals surface area contributed by atoms with E-state index in [0.29, 0.717) is 0 Å². The van der Waals surface area contributed by atoms with Gasteiger partial charge in [0.05, 0.1) is 12.8 Å². The lowest BCUT2D eigenvalue weighted by Gasteiger charge is -2.03. The first-order valence-electron chi connectivity index (χ1n) is 4.61. The summed E-state index contributed by atoms with van der Waals surface area (Å²) in [4.78, 5) is 4.32. The number of aromatic nitrogens is 1. The maximum absolute atomic E-state index is 5.08. The van der Waals surface area contributed by atoms with Crippen molar-refractivity contribution >= 4 is 22.2 Å². The molecule has 0 unspecified atom stereocenters. The van der Waals surface area contributed by atoms with Crippen molar-refractivity contribution in [3.63, 3.8) is 0 Å². The number of ether oxygens (including phenoxy) is 1. The van der Waals surface area contributed by atoms with Crippen LogP contribution in [0.2, 0.25) is 0 Å². The Kier molecular flexibility index (Phi) is 2.87. The smallest absolute Gasteiger partial charge is 0.187 e. The van der Waals surface area contributed by atoms with Crippen LogP contribution in [-0.4, -0.2) is 12.1 Å². The molecule has 2 rings (SSSR count). The molecule has 0 aliphatic heterocycles. The van der Waals surface area contributed by atoms with Gasteiger partial charge in [-0.15, -0.1) is 11.3 Å². The van der Waals surface area contributed by atoms with Gasteiger partial charge in [0.2, 0.25) is 0 Å². The summed E-state index contributed by atoms with van der Waals surface area (Å²) in [6, 6.07) is 7.77. The van der Waals surface area contributed by atoms with E-state index >= 15 is 0 Å². The SMILES string of the molecule is COc1ccc(Nc2nc(C)cs2)cc1. The third kappa shape index (κ3) is 2.47. The Hall–Kier alpha value is -1.55. The van der Waals surface area contributed by atoms with Crippen LogP contribution in [0.4, 0.5) is 10.8 Å². The number of nitrogens with zero attached hydrogens (tertiary/aromatic N) is 1. The van der Waals surface area contributed by atoms with Gasteiger partial charge in [0.1, 0.15) is 5.75 Å². The van der Waals surface area contributed by atoms with Crippen molar-refractivity contribution in [2.75, 3.05) is 12.4 Å². The summed E-state index contributed by atoms with van der Waals surface area (Å²) in [6.07, 6.45) is 0. The largest absolute Gasteiger partial charge is 0.497 e. The zero-order valence-corrected chi connectivity index (χ0v) is 9.47. The fourth-order valence-corrected chi connectivity index (χ4v) is 1.92. The molecule has 0 spiro atoms. The summed E-state index contributed by atoms with van der Waals surface area (Å²) in [6.45, 7) is 1.98. The van der Waals surface area contributed by atoms with Gasteiger partial charge in [-0.05, 0) is 31.2 Å². The van der Waals surface area contributed by atoms with Gasteiger partial charge in [-0.2, -0.15) is 0 Å². The van der Waals surface area contributed by atoms with Crippen molar-refractivity contribution in [1.82, 2.24) is 4.98 Å². The van der Waals surface area contributed by atoms with Gasteiger partial charge in [0.25, 0.3) is 0 Å². The van der Waals surface area contributed by atoms with Crippen LogP contribution in [0.25, 0.3) is 0 Å². The maximum Gasteiger partial charge on any atom is 0.187 e. The minimum Gasteiger partial charge on any atom is -0.497 e. The van der Waals surface area contributed by atoms with Crippen LogP contribution < -0.4 is 10.1 Å². The molecule has 1 aromatic heterocycles. The Balaban J connectivity index is 2.11. The molecule has 0 saturated heterocycles. The molecule has 0 saturated carbocycles. The molecular formula is C11H12N2OS. The van der Waals surface area contributed by atoms with Crippen molar-refractivity contribution in [1.29, 1.82) is 0 Å². The normalized spacial score (nSPS) is 10.0. The Morgan fingerprint density at radius 1 is 1.27 bits per heavy atom. The average Bonchev–Trinajstić information content (AvgIpc) is 2.65. The summed E-state index contributed by atoms with van der Waals surface area (Å²) < 4.78 is 5.08. The number of thiazole rings is 1. The third-order valence-corrected chi connectivity index (χ3v) is 2.84. The molecule has 4 heteroatoms. The zero-order chi connectivity index (χ0) is 10.7. The Bertz CT molecular complexity index is 436. The second-order valence-electron chi connectivity index (χ2n) is 3.15. The highest BCUT2D eigenvalue weighted by atomic mass is 32.1. The van der Waals surface area contributed by atoms with Crippen molar-refractivity contribution in [3.8, 4) is 5.75 Å². The van der Waals surface area contributed by atoms with Gasteiger partial charge < -0.3 is 10.1 Å². The lowest BCUT2D eigenvalue weighted by Crippen LogP contribution is -1.89. The van der Waals surface area contributed by atoms with Gasteiger partial charge in [0, 0.05) is 11.1 Å². The quantitative estimate of drug-likeness (QED) is 0.862. The number of methoxy groups -OCH3 is 1. The van der Waals surface area contributed by atoms with Crippen LogP contribution in [0.1, 0.15) is 5.69 Å².